The van der Waals surface area contributed by atoms with Gasteiger partial charge in [0.25, 0.3) is 11.8 Å². The lowest BCUT2D eigenvalue weighted by Crippen LogP contribution is -2.51. The predicted octanol–water partition coefficient (Wildman–Crippen LogP) is 3.75. The smallest absolute Gasteiger partial charge is 0.337 e. The van der Waals surface area contributed by atoms with Crippen LogP contribution in [0.3, 0.4) is 0 Å². The molecule has 5 nitrogen and oxygen atoms in total. The van der Waals surface area contributed by atoms with Gasteiger partial charge in [-0.05, 0) is 55.2 Å². The van der Waals surface area contributed by atoms with E-state index in [2.05, 4.69) is 10.3 Å². The summed E-state index contributed by atoms with van der Waals surface area (Å²) in [6.45, 7) is -0.139. The van der Waals surface area contributed by atoms with Gasteiger partial charge in [-0.1, -0.05) is 0 Å². The fourth-order valence-electron chi connectivity index (χ4n) is 4.05. The number of likely N-dealkylation sites (tertiary alicyclic amines) is 1. The molecule has 28 heavy (non-hydrogen) atoms. The van der Waals surface area contributed by atoms with Crippen LogP contribution < -0.4 is 5.32 Å². The molecule has 0 spiro atoms. The number of rotatable bonds is 3. The zero-order valence-corrected chi connectivity index (χ0v) is 14.9. The number of nitrogens with one attached hydrogen (secondary N) is 1. The number of nitrogens with zero attached hydrogens (tertiary/aromatic N) is 2. The van der Waals surface area contributed by atoms with Crippen molar-refractivity contribution < 1.29 is 22.8 Å². The average Bonchev–Trinajstić information content (AvgIpc) is 2.94. The molecule has 2 aromatic rings. The maximum absolute atomic E-state index is 13.4. The lowest BCUT2D eigenvalue weighted by Gasteiger charge is -2.44. The molecule has 0 radical (unpaired) electrons. The van der Waals surface area contributed by atoms with Crippen LogP contribution in [0.2, 0.25) is 0 Å². The first-order valence-corrected chi connectivity index (χ1v) is 8.98. The molecule has 2 fully saturated rings. The maximum Gasteiger partial charge on any atom is 0.396 e. The van der Waals surface area contributed by atoms with Crippen molar-refractivity contribution >= 4 is 17.5 Å². The van der Waals surface area contributed by atoms with Crippen molar-refractivity contribution in [3.8, 4) is 0 Å². The molecule has 1 aliphatic carbocycles. The summed E-state index contributed by atoms with van der Waals surface area (Å²) in [5, 5.41) is 2.70. The summed E-state index contributed by atoms with van der Waals surface area (Å²) in [4.78, 5) is 29.9. The van der Waals surface area contributed by atoms with Crippen molar-refractivity contribution in [2.24, 2.45) is 11.3 Å². The molecule has 0 bridgehead atoms. The Balaban J connectivity index is 1.43. The predicted molar refractivity (Wildman–Crippen MR) is 95.7 cm³/mol. The molecule has 1 aliphatic heterocycles. The second-order valence-electron chi connectivity index (χ2n) is 7.34. The van der Waals surface area contributed by atoms with Gasteiger partial charge in [-0.2, -0.15) is 13.2 Å². The number of halogens is 3. The van der Waals surface area contributed by atoms with Crippen molar-refractivity contribution in [1.29, 1.82) is 0 Å². The number of alkyl halides is 3. The van der Waals surface area contributed by atoms with E-state index in [0.29, 0.717) is 23.2 Å². The SMILES string of the molecule is O=C(Nc1ccc(C(=O)N2C[C@@H]3CC[C@]3(C(F)(F)F)C2)cc1)c1ccncc1. The summed E-state index contributed by atoms with van der Waals surface area (Å²) in [7, 11) is 0. The number of anilines is 1. The number of fused-ring (bicyclic) bond motifs is 1. The van der Waals surface area contributed by atoms with Gasteiger partial charge in [0.2, 0.25) is 0 Å². The second kappa shape index (κ2) is 6.61. The first-order chi connectivity index (χ1) is 13.3. The molecule has 1 aromatic carbocycles. The van der Waals surface area contributed by atoms with Crippen molar-refractivity contribution in [1.82, 2.24) is 9.88 Å². The van der Waals surface area contributed by atoms with Crippen LogP contribution in [-0.4, -0.2) is 41.0 Å². The number of pyridine rings is 1. The highest BCUT2D eigenvalue weighted by atomic mass is 19.4. The highest BCUT2D eigenvalue weighted by Gasteiger charge is 2.68. The average molecular weight is 389 g/mol. The van der Waals surface area contributed by atoms with Crippen LogP contribution >= 0.6 is 0 Å². The molecule has 8 heteroatoms. The number of carbonyl (C=O) groups is 2. The molecule has 2 aliphatic rings. The molecule has 2 amide bonds. The van der Waals surface area contributed by atoms with Gasteiger partial charge in [0.15, 0.2) is 0 Å². The topological polar surface area (TPSA) is 62.3 Å². The summed E-state index contributed by atoms with van der Waals surface area (Å²) in [5.41, 5.74) is -0.492. The van der Waals surface area contributed by atoms with Gasteiger partial charge in [0, 0.05) is 42.3 Å². The van der Waals surface area contributed by atoms with Gasteiger partial charge in [0.1, 0.15) is 0 Å². The Morgan fingerprint density at radius 3 is 2.29 bits per heavy atom. The Labute approximate surface area is 159 Å². The number of carbonyl (C=O) groups excluding carboxylic acids is 2. The monoisotopic (exact) mass is 389 g/mol. The zero-order chi connectivity index (χ0) is 19.9. The van der Waals surface area contributed by atoms with Crippen LogP contribution in [0.15, 0.2) is 48.8 Å². The molecule has 1 N–H and O–H groups in total. The van der Waals surface area contributed by atoms with Crippen LogP contribution in [0.5, 0.6) is 0 Å². The van der Waals surface area contributed by atoms with Gasteiger partial charge < -0.3 is 10.2 Å². The summed E-state index contributed by atoms with van der Waals surface area (Å²) in [5.74, 6) is -1.23. The molecular formula is C20H18F3N3O2. The third-order valence-corrected chi connectivity index (χ3v) is 5.82. The first-order valence-electron chi connectivity index (χ1n) is 8.98. The van der Waals surface area contributed by atoms with Crippen molar-refractivity contribution in [3.63, 3.8) is 0 Å². The molecule has 2 atom stereocenters. The van der Waals surface area contributed by atoms with Crippen molar-refractivity contribution in [3.05, 3.63) is 59.9 Å². The largest absolute Gasteiger partial charge is 0.396 e. The highest BCUT2D eigenvalue weighted by Crippen LogP contribution is 2.60. The number of benzene rings is 1. The zero-order valence-electron chi connectivity index (χ0n) is 14.9. The highest BCUT2D eigenvalue weighted by molar-refractivity contribution is 6.04. The lowest BCUT2D eigenvalue weighted by molar-refractivity contribution is -0.259. The molecule has 146 valence electrons. The van der Waals surface area contributed by atoms with Crippen LogP contribution in [-0.2, 0) is 0 Å². The van der Waals surface area contributed by atoms with Crippen LogP contribution in [0.4, 0.5) is 18.9 Å². The normalized spacial score (nSPS) is 23.7. The molecule has 1 saturated carbocycles. The molecule has 2 heterocycles. The van der Waals surface area contributed by atoms with E-state index in [1.54, 1.807) is 24.3 Å². The third kappa shape index (κ3) is 3.02. The number of amides is 2. The molecular weight excluding hydrogens is 371 g/mol. The minimum Gasteiger partial charge on any atom is -0.337 e. The molecule has 0 unspecified atom stereocenters. The Kier molecular flexibility index (Phi) is 4.36. The van der Waals surface area contributed by atoms with Gasteiger partial charge in [-0.3, -0.25) is 14.6 Å². The Morgan fingerprint density at radius 1 is 1.07 bits per heavy atom. The Hall–Kier alpha value is -2.90. The number of hydrogen-bond donors (Lipinski definition) is 1. The Morgan fingerprint density at radius 2 is 1.75 bits per heavy atom. The van der Waals surface area contributed by atoms with E-state index in [9.17, 15) is 22.8 Å². The van der Waals surface area contributed by atoms with E-state index in [0.717, 1.165) is 0 Å². The first kappa shape index (κ1) is 18.5. The summed E-state index contributed by atoms with van der Waals surface area (Å²) < 4.78 is 40.3. The van der Waals surface area contributed by atoms with E-state index < -0.39 is 23.4 Å². The van der Waals surface area contributed by atoms with E-state index in [4.69, 9.17) is 0 Å². The molecule has 1 saturated heterocycles. The van der Waals surface area contributed by atoms with Gasteiger partial charge in [-0.15, -0.1) is 0 Å². The lowest BCUT2D eigenvalue weighted by atomic mass is 9.61. The van der Waals surface area contributed by atoms with Gasteiger partial charge >= 0.3 is 6.18 Å². The standard InChI is InChI=1S/C20H18F3N3O2/c21-20(22,23)19-8-5-15(19)11-26(12-19)18(28)14-1-3-16(4-2-14)25-17(27)13-6-9-24-10-7-13/h1-4,6-7,9-10,15H,5,8,11-12H2,(H,25,27)/t15-,19-/m0/s1. The minimum absolute atomic E-state index is 0.0882. The summed E-state index contributed by atoms with van der Waals surface area (Å²) >= 11 is 0. The molecule has 1 aromatic heterocycles. The Bertz CT molecular complexity index is 899. The molecule has 4 rings (SSSR count). The van der Waals surface area contributed by atoms with Crippen LogP contribution in [0.25, 0.3) is 0 Å². The van der Waals surface area contributed by atoms with Crippen molar-refractivity contribution in [2.45, 2.75) is 19.0 Å². The fraction of sp³-hybridized carbons (Fsp3) is 0.350. The second-order valence-corrected chi connectivity index (χ2v) is 7.34. The quantitative estimate of drug-likeness (QED) is 0.870. The van der Waals surface area contributed by atoms with Crippen molar-refractivity contribution in [2.75, 3.05) is 18.4 Å². The van der Waals surface area contributed by atoms with Crippen LogP contribution in [0, 0.1) is 11.3 Å². The van der Waals surface area contributed by atoms with E-state index in [1.165, 1.54) is 29.4 Å². The summed E-state index contributed by atoms with van der Waals surface area (Å²) in [6.07, 6.45) is -0.679. The van der Waals surface area contributed by atoms with E-state index in [-0.39, 0.29) is 25.4 Å². The van der Waals surface area contributed by atoms with E-state index in [1.807, 2.05) is 0 Å². The maximum atomic E-state index is 13.4. The van der Waals surface area contributed by atoms with E-state index >= 15 is 0 Å². The minimum atomic E-state index is -4.29. The van der Waals surface area contributed by atoms with Gasteiger partial charge in [-0.25, -0.2) is 0 Å². The fourth-order valence-corrected chi connectivity index (χ4v) is 4.05. The van der Waals surface area contributed by atoms with Crippen LogP contribution in [0.1, 0.15) is 33.6 Å². The van der Waals surface area contributed by atoms with Gasteiger partial charge in [0.05, 0.1) is 5.41 Å². The number of aromatic nitrogens is 1. The third-order valence-electron chi connectivity index (χ3n) is 5.82. The number of hydrogen-bond acceptors (Lipinski definition) is 3. The summed E-state index contributed by atoms with van der Waals surface area (Å²) in [6, 6.07) is 9.32.